The number of aromatic carboxylic acids is 1. The Balaban J connectivity index is 2.25. The third-order valence-corrected chi connectivity index (χ3v) is 2.83. The van der Waals surface area contributed by atoms with Crippen molar-refractivity contribution in [1.82, 2.24) is 0 Å². The molecule has 0 aliphatic rings. The minimum Gasteiger partial charge on any atom is -0.478 e. The van der Waals surface area contributed by atoms with E-state index >= 15 is 0 Å². The lowest BCUT2D eigenvalue weighted by Crippen LogP contribution is -2.02. The highest BCUT2D eigenvalue weighted by atomic mass is 16.4. The fourth-order valence-corrected chi connectivity index (χ4v) is 1.89. The molecule has 1 N–H and O–H groups in total. The number of carboxylic acid groups (broad SMARTS) is 1. The average molecular weight is 238 g/mol. The van der Waals surface area contributed by atoms with Gasteiger partial charge in [0.2, 0.25) is 0 Å². The highest BCUT2D eigenvalue weighted by molar-refractivity contribution is 5.90. The molecule has 2 nitrogen and oxygen atoms in total. The van der Waals surface area contributed by atoms with Crippen LogP contribution in [0.2, 0.25) is 0 Å². The van der Waals surface area contributed by atoms with Crippen LogP contribution in [0.15, 0.2) is 61.2 Å². The summed E-state index contributed by atoms with van der Waals surface area (Å²) in [4.78, 5) is 11.1. The zero-order chi connectivity index (χ0) is 13.0. The second-order valence-electron chi connectivity index (χ2n) is 4.11. The molecular formula is C16H14O2. The van der Waals surface area contributed by atoms with Crippen LogP contribution in [0, 0.1) is 0 Å². The lowest BCUT2D eigenvalue weighted by Gasteiger charge is -2.08. The number of carbonyl (C=O) groups is 1. The van der Waals surface area contributed by atoms with E-state index in [0.717, 1.165) is 16.7 Å². The Kier molecular flexibility index (Phi) is 3.58. The Bertz CT molecular complexity index is 571. The van der Waals surface area contributed by atoms with E-state index in [1.807, 2.05) is 42.5 Å². The van der Waals surface area contributed by atoms with E-state index < -0.39 is 5.97 Å². The molecule has 0 aliphatic heterocycles. The summed E-state index contributed by atoms with van der Waals surface area (Å²) in [5.41, 5.74) is 3.09. The molecule has 0 saturated heterocycles. The van der Waals surface area contributed by atoms with E-state index in [2.05, 4.69) is 6.58 Å². The van der Waals surface area contributed by atoms with E-state index in [0.29, 0.717) is 12.0 Å². The monoisotopic (exact) mass is 238 g/mol. The molecule has 0 radical (unpaired) electrons. The SMILES string of the molecule is C=C(Cc1ccccc1C(=O)O)c1ccccc1. The molecule has 0 spiro atoms. The van der Waals surface area contributed by atoms with Gasteiger partial charge in [0.15, 0.2) is 0 Å². The first-order chi connectivity index (χ1) is 8.68. The molecule has 0 unspecified atom stereocenters. The smallest absolute Gasteiger partial charge is 0.335 e. The lowest BCUT2D eigenvalue weighted by atomic mass is 9.96. The first-order valence-electron chi connectivity index (χ1n) is 5.73. The number of hydrogen-bond acceptors (Lipinski definition) is 1. The van der Waals surface area contributed by atoms with Gasteiger partial charge in [-0.15, -0.1) is 0 Å². The van der Waals surface area contributed by atoms with Crippen LogP contribution < -0.4 is 0 Å². The van der Waals surface area contributed by atoms with Crippen LogP contribution in [0.25, 0.3) is 5.57 Å². The van der Waals surface area contributed by atoms with Gasteiger partial charge in [-0.1, -0.05) is 55.1 Å². The molecule has 2 aromatic carbocycles. The second-order valence-corrected chi connectivity index (χ2v) is 4.11. The van der Waals surface area contributed by atoms with Gasteiger partial charge < -0.3 is 5.11 Å². The van der Waals surface area contributed by atoms with Crippen molar-refractivity contribution in [3.05, 3.63) is 77.9 Å². The Morgan fingerprint density at radius 2 is 1.61 bits per heavy atom. The molecule has 0 saturated carbocycles. The molecule has 2 rings (SSSR count). The number of hydrogen-bond donors (Lipinski definition) is 1. The van der Waals surface area contributed by atoms with Crippen molar-refractivity contribution >= 4 is 11.5 Å². The molecule has 0 fully saturated rings. The summed E-state index contributed by atoms with van der Waals surface area (Å²) in [7, 11) is 0. The Hall–Kier alpha value is -2.35. The van der Waals surface area contributed by atoms with Crippen LogP contribution in [0.1, 0.15) is 21.5 Å². The molecule has 2 heteroatoms. The fourth-order valence-electron chi connectivity index (χ4n) is 1.89. The summed E-state index contributed by atoms with van der Waals surface area (Å²) < 4.78 is 0. The van der Waals surface area contributed by atoms with Gasteiger partial charge in [-0.25, -0.2) is 4.79 Å². The third-order valence-electron chi connectivity index (χ3n) is 2.83. The normalized spacial score (nSPS) is 10.0. The minimum atomic E-state index is -0.897. The lowest BCUT2D eigenvalue weighted by molar-refractivity contribution is 0.0696. The predicted molar refractivity (Wildman–Crippen MR) is 72.6 cm³/mol. The van der Waals surface area contributed by atoms with Gasteiger partial charge in [0, 0.05) is 0 Å². The second kappa shape index (κ2) is 5.32. The van der Waals surface area contributed by atoms with Gasteiger partial charge in [0.25, 0.3) is 0 Å². The summed E-state index contributed by atoms with van der Waals surface area (Å²) in [6.07, 6.45) is 0.548. The number of benzene rings is 2. The van der Waals surface area contributed by atoms with Crippen molar-refractivity contribution < 1.29 is 9.90 Å². The van der Waals surface area contributed by atoms with E-state index in [1.54, 1.807) is 12.1 Å². The Morgan fingerprint density at radius 3 is 2.28 bits per heavy atom. The molecule has 0 atom stereocenters. The maximum atomic E-state index is 11.1. The van der Waals surface area contributed by atoms with Gasteiger partial charge in [0.1, 0.15) is 0 Å². The first-order valence-corrected chi connectivity index (χ1v) is 5.73. The van der Waals surface area contributed by atoms with Crippen LogP contribution in [0.3, 0.4) is 0 Å². The van der Waals surface area contributed by atoms with E-state index in [-0.39, 0.29) is 0 Å². The van der Waals surface area contributed by atoms with Gasteiger partial charge >= 0.3 is 5.97 Å². The summed E-state index contributed by atoms with van der Waals surface area (Å²) in [5.74, 6) is -0.897. The standard InChI is InChI=1S/C16H14O2/c1-12(13-7-3-2-4-8-13)11-14-9-5-6-10-15(14)16(17)18/h2-10H,1,11H2,(H,17,18). The van der Waals surface area contributed by atoms with Gasteiger partial charge in [-0.3, -0.25) is 0 Å². The Labute approximate surface area is 106 Å². The van der Waals surface area contributed by atoms with Crippen molar-refractivity contribution in [2.45, 2.75) is 6.42 Å². The maximum absolute atomic E-state index is 11.1. The summed E-state index contributed by atoms with van der Waals surface area (Å²) >= 11 is 0. The van der Waals surface area contributed by atoms with Crippen molar-refractivity contribution in [3.8, 4) is 0 Å². The molecular weight excluding hydrogens is 224 g/mol. The molecule has 0 aliphatic carbocycles. The summed E-state index contributed by atoms with van der Waals surface area (Å²) in [5, 5.41) is 9.12. The first kappa shape index (κ1) is 12.1. The number of rotatable bonds is 4. The van der Waals surface area contributed by atoms with E-state index in [4.69, 9.17) is 5.11 Å². The number of allylic oxidation sites excluding steroid dienone is 1. The maximum Gasteiger partial charge on any atom is 0.335 e. The summed E-state index contributed by atoms with van der Waals surface area (Å²) in [6.45, 7) is 4.03. The zero-order valence-corrected chi connectivity index (χ0v) is 9.97. The van der Waals surface area contributed by atoms with Crippen molar-refractivity contribution in [2.24, 2.45) is 0 Å². The average Bonchev–Trinajstić information content (AvgIpc) is 2.40. The molecule has 2 aromatic rings. The van der Waals surface area contributed by atoms with Gasteiger partial charge in [0.05, 0.1) is 5.56 Å². The minimum absolute atomic E-state index is 0.342. The molecule has 18 heavy (non-hydrogen) atoms. The van der Waals surface area contributed by atoms with Crippen LogP contribution >= 0.6 is 0 Å². The van der Waals surface area contributed by atoms with Crippen molar-refractivity contribution in [1.29, 1.82) is 0 Å². The van der Waals surface area contributed by atoms with E-state index in [9.17, 15) is 4.79 Å². The molecule has 90 valence electrons. The largest absolute Gasteiger partial charge is 0.478 e. The summed E-state index contributed by atoms with van der Waals surface area (Å²) in [6, 6.07) is 16.8. The van der Waals surface area contributed by atoms with E-state index in [1.165, 1.54) is 0 Å². The zero-order valence-electron chi connectivity index (χ0n) is 9.97. The Morgan fingerprint density at radius 1 is 1.00 bits per heavy atom. The van der Waals surface area contributed by atoms with Crippen molar-refractivity contribution in [3.63, 3.8) is 0 Å². The number of carboxylic acids is 1. The third kappa shape index (κ3) is 2.66. The molecule has 0 heterocycles. The highest BCUT2D eigenvalue weighted by Gasteiger charge is 2.10. The van der Waals surface area contributed by atoms with Crippen LogP contribution in [0.5, 0.6) is 0 Å². The van der Waals surface area contributed by atoms with Gasteiger partial charge in [-0.05, 0) is 29.2 Å². The quantitative estimate of drug-likeness (QED) is 0.882. The van der Waals surface area contributed by atoms with Crippen molar-refractivity contribution in [2.75, 3.05) is 0 Å². The van der Waals surface area contributed by atoms with Crippen LogP contribution in [-0.2, 0) is 6.42 Å². The molecule has 0 bridgehead atoms. The topological polar surface area (TPSA) is 37.3 Å². The fraction of sp³-hybridized carbons (Fsp3) is 0.0625. The predicted octanol–water partition coefficient (Wildman–Crippen LogP) is 3.64. The van der Waals surface area contributed by atoms with Crippen LogP contribution in [0.4, 0.5) is 0 Å². The highest BCUT2D eigenvalue weighted by Crippen LogP contribution is 2.20. The van der Waals surface area contributed by atoms with Crippen LogP contribution in [-0.4, -0.2) is 11.1 Å². The van der Waals surface area contributed by atoms with Gasteiger partial charge in [-0.2, -0.15) is 0 Å². The molecule has 0 aromatic heterocycles. The molecule has 0 amide bonds.